The highest BCUT2D eigenvalue weighted by Crippen LogP contribution is 1.76. The molecule has 0 spiro atoms. The van der Waals surface area contributed by atoms with E-state index in [1.165, 1.54) is 19.3 Å². The topological polar surface area (TPSA) is 0 Å². The zero-order valence-corrected chi connectivity index (χ0v) is 9.12. The molecular weight excluding hydrogens is 132 g/mol. The molecule has 0 heteroatoms. The minimum Gasteiger partial charge on any atom is -0.107 e. The molecule has 0 fully saturated rings. The lowest BCUT2D eigenvalue weighted by Gasteiger charge is -1.68. The summed E-state index contributed by atoms with van der Waals surface area (Å²) in [5, 5.41) is 0. The van der Waals surface area contributed by atoms with E-state index < -0.39 is 0 Å². The van der Waals surface area contributed by atoms with Crippen molar-refractivity contribution in [3.05, 3.63) is 0 Å². The molecule has 0 atom stereocenters. The zero-order chi connectivity index (χ0) is 9.54. The smallest absolute Gasteiger partial charge is 0.00271 e. The van der Waals surface area contributed by atoms with Crippen LogP contribution in [-0.4, -0.2) is 0 Å². The van der Waals surface area contributed by atoms with Gasteiger partial charge in [0.2, 0.25) is 0 Å². The van der Waals surface area contributed by atoms with Gasteiger partial charge in [-0.1, -0.05) is 47.0 Å². The molecular formula is C11H24. The standard InChI is InChI=1S/C4H10.C4H6.C3H8/c2*1-3-4-2;1-3-2/h3-4H2,1-2H3;1-2H3;3H2,1-2H3. The summed E-state index contributed by atoms with van der Waals surface area (Å²) >= 11 is 0. The molecule has 0 aromatic heterocycles. The van der Waals surface area contributed by atoms with E-state index in [1.807, 2.05) is 13.8 Å². The molecule has 0 aliphatic rings. The van der Waals surface area contributed by atoms with Crippen molar-refractivity contribution in [3.8, 4) is 11.8 Å². The third-order valence-corrected chi connectivity index (χ3v) is 0.750. The van der Waals surface area contributed by atoms with Crippen LogP contribution in [0, 0.1) is 11.8 Å². The predicted octanol–water partition coefficient (Wildman–Crippen LogP) is 4.25. The van der Waals surface area contributed by atoms with Crippen molar-refractivity contribution < 1.29 is 0 Å². The summed E-state index contributed by atoms with van der Waals surface area (Å²) in [6.07, 6.45) is 3.89. The molecule has 0 rings (SSSR count). The number of hydrogen-bond donors (Lipinski definition) is 0. The van der Waals surface area contributed by atoms with Gasteiger partial charge < -0.3 is 0 Å². The lowest BCUT2D eigenvalue weighted by molar-refractivity contribution is 0.886. The van der Waals surface area contributed by atoms with Crippen molar-refractivity contribution in [2.75, 3.05) is 0 Å². The van der Waals surface area contributed by atoms with Crippen LogP contribution in [0.1, 0.15) is 60.8 Å². The molecule has 0 radical (unpaired) electrons. The van der Waals surface area contributed by atoms with Crippen molar-refractivity contribution in [1.29, 1.82) is 0 Å². The van der Waals surface area contributed by atoms with Gasteiger partial charge in [0, 0.05) is 0 Å². The van der Waals surface area contributed by atoms with Gasteiger partial charge in [-0.15, -0.1) is 11.8 Å². The van der Waals surface area contributed by atoms with Gasteiger partial charge in [0.15, 0.2) is 0 Å². The quantitative estimate of drug-likeness (QED) is 0.498. The highest BCUT2D eigenvalue weighted by Gasteiger charge is 1.56. The minimum absolute atomic E-state index is 1.25. The maximum atomic E-state index is 2.68. The summed E-state index contributed by atoms with van der Waals surface area (Å²) < 4.78 is 0. The Morgan fingerprint density at radius 1 is 0.727 bits per heavy atom. The van der Waals surface area contributed by atoms with Gasteiger partial charge in [0.05, 0.1) is 0 Å². The summed E-state index contributed by atoms with van der Waals surface area (Å²) in [6.45, 7) is 12.2. The molecule has 11 heavy (non-hydrogen) atoms. The molecule has 0 saturated carbocycles. The Balaban J connectivity index is -0.0000000886. The first-order chi connectivity index (χ1) is 5.24. The van der Waals surface area contributed by atoms with Gasteiger partial charge in [-0.25, -0.2) is 0 Å². The first-order valence-electron chi connectivity index (χ1n) is 4.58. The van der Waals surface area contributed by atoms with Crippen molar-refractivity contribution >= 4 is 0 Å². The molecule has 0 aliphatic heterocycles. The van der Waals surface area contributed by atoms with Crippen LogP contribution in [0.2, 0.25) is 0 Å². The maximum Gasteiger partial charge on any atom is -0.00271 e. The fourth-order valence-corrected chi connectivity index (χ4v) is 0. The first kappa shape index (κ1) is 16.9. The molecule has 0 unspecified atom stereocenters. The second-order valence-electron chi connectivity index (χ2n) is 2.21. The highest BCUT2D eigenvalue weighted by molar-refractivity contribution is 4.89. The second-order valence-corrected chi connectivity index (χ2v) is 2.21. The van der Waals surface area contributed by atoms with Crippen LogP contribution in [0.4, 0.5) is 0 Å². The van der Waals surface area contributed by atoms with E-state index >= 15 is 0 Å². The van der Waals surface area contributed by atoms with Crippen LogP contribution < -0.4 is 0 Å². The Kier molecular flexibility index (Phi) is 51.7. The van der Waals surface area contributed by atoms with Crippen molar-refractivity contribution in [2.24, 2.45) is 0 Å². The fraction of sp³-hybridized carbons (Fsp3) is 0.818. The second kappa shape index (κ2) is 33.7. The number of unbranched alkanes of at least 4 members (excludes halogenated alkanes) is 1. The van der Waals surface area contributed by atoms with Crippen molar-refractivity contribution in [2.45, 2.75) is 60.8 Å². The summed E-state index contributed by atoms with van der Waals surface area (Å²) in [4.78, 5) is 0. The Morgan fingerprint density at radius 2 is 0.909 bits per heavy atom. The van der Waals surface area contributed by atoms with E-state index in [0.717, 1.165) is 0 Å². The summed E-state index contributed by atoms with van der Waals surface area (Å²) in [6, 6.07) is 0. The SMILES string of the molecule is CC#CC.CCC.CCCC. The third-order valence-electron chi connectivity index (χ3n) is 0.750. The molecule has 0 heterocycles. The zero-order valence-electron chi connectivity index (χ0n) is 9.12. The molecule has 0 nitrogen and oxygen atoms in total. The monoisotopic (exact) mass is 156 g/mol. The van der Waals surface area contributed by atoms with Gasteiger partial charge >= 0.3 is 0 Å². The van der Waals surface area contributed by atoms with Crippen LogP contribution in [0.3, 0.4) is 0 Å². The first-order valence-corrected chi connectivity index (χ1v) is 4.58. The molecule has 0 amide bonds. The van der Waals surface area contributed by atoms with Crippen LogP contribution >= 0.6 is 0 Å². The van der Waals surface area contributed by atoms with Gasteiger partial charge in [0.1, 0.15) is 0 Å². The van der Waals surface area contributed by atoms with E-state index in [0.29, 0.717) is 0 Å². The largest absolute Gasteiger partial charge is 0.107 e. The van der Waals surface area contributed by atoms with E-state index in [1.54, 1.807) is 0 Å². The van der Waals surface area contributed by atoms with Crippen molar-refractivity contribution in [1.82, 2.24) is 0 Å². The maximum absolute atomic E-state index is 2.68. The summed E-state index contributed by atoms with van der Waals surface area (Å²) in [5.74, 6) is 5.36. The average molecular weight is 156 g/mol. The van der Waals surface area contributed by atoms with Crippen LogP contribution in [0.15, 0.2) is 0 Å². The molecule has 68 valence electrons. The van der Waals surface area contributed by atoms with Crippen molar-refractivity contribution in [3.63, 3.8) is 0 Å². The molecule has 0 bridgehead atoms. The lowest BCUT2D eigenvalue weighted by atomic mass is 10.4. The molecule has 0 saturated heterocycles. The predicted molar refractivity (Wildman–Crippen MR) is 55.7 cm³/mol. The highest BCUT2D eigenvalue weighted by atomic mass is 13.6. The molecule has 0 aliphatic carbocycles. The van der Waals surface area contributed by atoms with Gasteiger partial charge in [0.25, 0.3) is 0 Å². The number of hydrogen-bond acceptors (Lipinski definition) is 0. The minimum atomic E-state index is 1.25. The van der Waals surface area contributed by atoms with Crippen LogP contribution in [0.5, 0.6) is 0 Å². The van der Waals surface area contributed by atoms with Gasteiger partial charge in [-0.3, -0.25) is 0 Å². The Morgan fingerprint density at radius 3 is 0.909 bits per heavy atom. The normalized spacial score (nSPS) is 5.64. The van der Waals surface area contributed by atoms with Gasteiger partial charge in [-0.2, -0.15) is 0 Å². The molecule has 0 N–H and O–H groups in total. The number of rotatable bonds is 1. The fourth-order valence-electron chi connectivity index (χ4n) is 0. The van der Waals surface area contributed by atoms with Crippen LogP contribution in [-0.2, 0) is 0 Å². The van der Waals surface area contributed by atoms with E-state index in [4.69, 9.17) is 0 Å². The summed E-state index contributed by atoms with van der Waals surface area (Å²) in [5.41, 5.74) is 0. The average Bonchev–Trinajstić information content (AvgIpc) is 2.06. The Bertz CT molecular complexity index is 63.8. The molecule has 0 aromatic carbocycles. The summed E-state index contributed by atoms with van der Waals surface area (Å²) in [7, 11) is 0. The Hall–Kier alpha value is -0.440. The van der Waals surface area contributed by atoms with Crippen LogP contribution in [0.25, 0.3) is 0 Å². The molecule has 0 aromatic rings. The third kappa shape index (κ3) is 225. The van der Waals surface area contributed by atoms with Gasteiger partial charge in [-0.05, 0) is 13.8 Å². The van der Waals surface area contributed by atoms with E-state index in [9.17, 15) is 0 Å². The van der Waals surface area contributed by atoms with E-state index in [-0.39, 0.29) is 0 Å². The Labute approximate surface area is 73.4 Å². The lowest BCUT2D eigenvalue weighted by Crippen LogP contribution is -1.47. The van der Waals surface area contributed by atoms with E-state index in [2.05, 4.69) is 39.5 Å².